The summed E-state index contributed by atoms with van der Waals surface area (Å²) in [5.41, 5.74) is 0. The van der Waals surface area contributed by atoms with Crippen LogP contribution in [0.4, 0.5) is 0 Å². The number of allylic oxidation sites excluding steroid dienone is 8. The molecule has 0 rings (SSSR count). The first-order valence-corrected chi connectivity index (χ1v) is 22.6. The summed E-state index contributed by atoms with van der Waals surface area (Å²) in [6.45, 7) is 6.48. The Hall–Kier alpha value is -2.63. The standard InChI is InChI=1S/C48H84O6/c1-4-7-10-13-16-18-20-21-22-23-24-25-26-27-29-30-32-35-38-41-47(50)53-44-45(43-52-46(49)40-37-34-15-12-9-6-3)54-48(51)42-39-36-33-31-28-19-17-14-11-8-5-2/h14,16-18,21-22,24-25,45H,4-13,15,19-20,23,26-44H2,1-3H3/b17-14-,18-16-,22-21-,25-24-. The number of unbranched alkanes of at least 4 members (excludes halogenated alkanes) is 21. The minimum absolute atomic E-state index is 0.0811. The van der Waals surface area contributed by atoms with Crippen LogP contribution in [-0.4, -0.2) is 37.2 Å². The van der Waals surface area contributed by atoms with Crippen LogP contribution in [-0.2, 0) is 28.6 Å². The topological polar surface area (TPSA) is 78.9 Å². The molecule has 0 aliphatic rings. The van der Waals surface area contributed by atoms with Crippen LogP contribution in [0.3, 0.4) is 0 Å². The molecule has 0 aliphatic carbocycles. The molecule has 0 spiro atoms. The van der Waals surface area contributed by atoms with Gasteiger partial charge in [0.05, 0.1) is 0 Å². The first-order valence-electron chi connectivity index (χ1n) is 22.6. The van der Waals surface area contributed by atoms with Gasteiger partial charge in [-0.3, -0.25) is 14.4 Å². The van der Waals surface area contributed by atoms with Crippen molar-refractivity contribution in [2.24, 2.45) is 0 Å². The Kier molecular flexibility index (Phi) is 41.0. The largest absolute Gasteiger partial charge is 0.462 e. The molecular weight excluding hydrogens is 673 g/mol. The van der Waals surface area contributed by atoms with Crippen LogP contribution in [0, 0.1) is 0 Å². The number of esters is 3. The van der Waals surface area contributed by atoms with Gasteiger partial charge in [-0.15, -0.1) is 0 Å². The molecule has 0 aromatic carbocycles. The van der Waals surface area contributed by atoms with Crippen molar-refractivity contribution in [1.29, 1.82) is 0 Å². The summed E-state index contributed by atoms with van der Waals surface area (Å²) in [6.07, 6.45) is 49.7. The van der Waals surface area contributed by atoms with E-state index in [1.54, 1.807) is 0 Å². The SMILES string of the molecule is CCCC/C=C\CCCCCCCC(=O)OC(COC(=O)CCCCCCCC)COC(=O)CCCCCCCC/C=C\C/C=C\C/C=C\CCCCC. The van der Waals surface area contributed by atoms with Crippen LogP contribution in [0.1, 0.15) is 220 Å². The van der Waals surface area contributed by atoms with Crippen molar-refractivity contribution in [2.75, 3.05) is 13.2 Å². The van der Waals surface area contributed by atoms with Crippen molar-refractivity contribution in [3.8, 4) is 0 Å². The van der Waals surface area contributed by atoms with E-state index in [0.717, 1.165) is 89.9 Å². The van der Waals surface area contributed by atoms with Crippen LogP contribution in [0.2, 0.25) is 0 Å². The third-order valence-corrected chi connectivity index (χ3v) is 9.56. The van der Waals surface area contributed by atoms with Gasteiger partial charge in [-0.05, 0) is 77.0 Å². The van der Waals surface area contributed by atoms with Crippen molar-refractivity contribution < 1.29 is 28.6 Å². The maximum Gasteiger partial charge on any atom is 0.306 e. The summed E-state index contributed by atoms with van der Waals surface area (Å²) in [7, 11) is 0. The zero-order valence-corrected chi connectivity index (χ0v) is 35.5. The molecule has 0 bridgehead atoms. The predicted octanol–water partition coefficient (Wildman–Crippen LogP) is 14.4. The van der Waals surface area contributed by atoms with Crippen molar-refractivity contribution in [3.05, 3.63) is 48.6 Å². The van der Waals surface area contributed by atoms with Gasteiger partial charge in [0.2, 0.25) is 0 Å². The van der Waals surface area contributed by atoms with E-state index in [-0.39, 0.29) is 31.1 Å². The summed E-state index contributed by atoms with van der Waals surface area (Å²) in [6, 6.07) is 0. The second-order valence-electron chi connectivity index (χ2n) is 15.0. The Morgan fingerprint density at radius 3 is 1.15 bits per heavy atom. The highest BCUT2D eigenvalue weighted by Crippen LogP contribution is 2.13. The van der Waals surface area contributed by atoms with Gasteiger partial charge >= 0.3 is 17.9 Å². The third kappa shape index (κ3) is 40.6. The van der Waals surface area contributed by atoms with Crippen LogP contribution in [0.15, 0.2) is 48.6 Å². The lowest BCUT2D eigenvalue weighted by molar-refractivity contribution is -0.167. The fraction of sp³-hybridized carbons (Fsp3) is 0.771. The van der Waals surface area contributed by atoms with Gasteiger partial charge in [-0.1, -0.05) is 172 Å². The molecule has 6 nitrogen and oxygen atoms in total. The molecule has 1 unspecified atom stereocenters. The number of ether oxygens (including phenoxy) is 3. The summed E-state index contributed by atoms with van der Waals surface area (Å²) in [5, 5.41) is 0. The van der Waals surface area contributed by atoms with Crippen LogP contribution in [0.25, 0.3) is 0 Å². The van der Waals surface area contributed by atoms with E-state index in [2.05, 4.69) is 69.4 Å². The zero-order chi connectivity index (χ0) is 39.4. The van der Waals surface area contributed by atoms with E-state index >= 15 is 0 Å². The van der Waals surface area contributed by atoms with Gasteiger partial charge in [-0.2, -0.15) is 0 Å². The van der Waals surface area contributed by atoms with E-state index in [9.17, 15) is 14.4 Å². The van der Waals surface area contributed by atoms with Crippen LogP contribution >= 0.6 is 0 Å². The summed E-state index contributed by atoms with van der Waals surface area (Å²) in [4.78, 5) is 37.5. The second kappa shape index (κ2) is 43.1. The number of rotatable bonds is 40. The second-order valence-corrected chi connectivity index (χ2v) is 15.0. The monoisotopic (exact) mass is 757 g/mol. The van der Waals surface area contributed by atoms with E-state index in [1.165, 1.54) is 89.9 Å². The smallest absolute Gasteiger partial charge is 0.306 e. The molecular formula is C48H84O6. The van der Waals surface area contributed by atoms with Gasteiger partial charge in [0.1, 0.15) is 13.2 Å². The van der Waals surface area contributed by atoms with Gasteiger partial charge in [0, 0.05) is 19.3 Å². The number of carbonyl (C=O) groups is 3. The summed E-state index contributed by atoms with van der Waals surface area (Å²) in [5.74, 6) is -0.916. The predicted molar refractivity (Wildman–Crippen MR) is 229 cm³/mol. The average Bonchev–Trinajstić information content (AvgIpc) is 3.17. The maximum atomic E-state index is 12.6. The minimum Gasteiger partial charge on any atom is -0.462 e. The van der Waals surface area contributed by atoms with Crippen molar-refractivity contribution >= 4 is 17.9 Å². The molecule has 0 amide bonds. The Morgan fingerprint density at radius 2 is 0.685 bits per heavy atom. The first kappa shape index (κ1) is 51.4. The number of hydrogen-bond donors (Lipinski definition) is 0. The molecule has 0 saturated heterocycles. The Bertz CT molecular complexity index is 964. The lowest BCUT2D eigenvalue weighted by Gasteiger charge is -2.18. The Balaban J connectivity index is 4.26. The fourth-order valence-corrected chi connectivity index (χ4v) is 6.07. The molecule has 312 valence electrons. The van der Waals surface area contributed by atoms with Crippen molar-refractivity contribution in [2.45, 2.75) is 226 Å². The van der Waals surface area contributed by atoms with Crippen molar-refractivity contribution in [3.63, 3.8) is 0 Å². The van der Waals surface area contributed by atoms with Crippen LogP contribution in [0.5, 0.6) is 0 Å². The van der Waals surface area contributed by atoms with Crippen molar-refractivity contribution in [1.82, 2.24) is 0 Å². The lowest BCUT2D eigenvalue weighted by Crippen LogP contribution is -2.30. The molecule has 0 saturated carbocycles. The summed E-state index contributed by atoms with van der Waals surface area (Å²) >= 11 is 0. The molecule has 0 aliphatic heterocycles. The molecule has 0 heterocycles. The summed E-state index contributed by atoms with van der Waals surface area (Å²) < 4.78 is 16.6. The van der Waals surface area contributed by atoms with E-state index < -0.39 is 6.10 Å². The van der Waals surface area contributed by atoms with E-state index in [4.69, 9.17) is 14.2 Å². The highest BCUT2D eigenvalue weighted by atomic mass is 16.6. The maximum absolute atomic E-state index is 12.6. The van der Waals surface area contributed by atoms with Gasteiger partial charge in [0.25, 0.3) is 0 Å². The lowest BCUT2D eigenvalue weighted by atomic mass is 10.1. The molecule has 0 radical (unpaired) electrons. The molecule has 0 aromatic heterocycles. The van der Waals surface area contributed by atoms with Gasteiger partial charge in [-0.25, -0.2) is 0 Å². The molecule has 0 N–H and O–H groups in total. The van der Waals surface area contributed by atoms with E-state index in [1.807, 2.05) is 0 Å². The molecule has 54 heavy (non-hydrogen) atoms. The third-order valence-electron chi connectivity index (χ3n) is 9.56. The quantitative estimate of drug-likeness (QED) is 0.0268. The Morgan fingerprint density at radius 1 is 0.370 bits per heavy atom. The highest BCUT2D eigenvalue weighted by Gasteiger charge is 2.19. The van der Waals surface area contributed by atoms with Gasteiger partial charge < -0.3 is 14.2 Å². The molecule has 6 heteroatoms. The average molecular weight is 757 g/mol. The number of carbonyl (C=O) groups excluding carboxylic acids is 3. The highest BCUT2D eigenvalue weighted by molar-refractivity contribution is 5.71. The van der Waals surface area contributed by atoms with Crippen LogP contribution < -0.4 is 0 Å². The first-order chi connectivity index (χ1) is 26.5. The zero-order valence-electron chi connectivity index (χ0n) is 35.5. The van der Waals surface area contributed by atoms with Gasteiger partial charge in [0.15, 0.2) is 6.10 Å². The fourth-order valence-electron chi connectivity index (χ4n) is 6.07. The minimum atomic E-state index is -0.776. The molecule has 0 fully saturated rings. The number of hydrogen-bond acceptors (Lipinski definition) is 6. The molecule has 0 aromatic rings. The molecule has 1 atom stereocenters. The normalized spacial score (nSPS) is 12.4. The Labute approximate surface area is 333 Å². The van der Waals surface area contributed by atoms with E-state index in [0.29, 0.717) is 19.3 Å².